The van der Waals surface area contributed by atoms with Gasteiger partial charge in [0.25, 0.3) is 0 Å². The molecule has 1 aliphatic heterocycles. The number of benzene rings is 3. The Hall–Kier alpha value is -4.39. The number of allylic oxidation sites excluding steroid dienone is 3. The monoisotopic (exact) mass is 697 g/mol. The molecular formula is C39H33Cl3LiN6+. The zero-order valence-electron chi connectivity index (χ0n) is 27.2. The Morgan fingerprint density at radius 3 is 1.88 bits per heavy atom. The molecule has 0 saturated carbocycles. The van der Waals surface area contributed by atoms with Crippen molar-refractivity contribution in [1.29, 1.82) is 5.26 Å². The molecule has 1 aliphatic rings. The van der Waals surface area contributed by atoms with Gasteiger partial charge in [-0.1, -0.05) is 65.1 Å². The van der Waals surface area contributed by atoms with Crippen molar-refractivity contribution in [3.63, 3.8) is 0 Å². The second-order valence-electron chi connectivity index (χ2n) is 10.3. The molecule has 1 unspecified atom stereocenters. The molecular weight excluding hydrogens is 666 g/mol. The maximum Gasteiger partial charge on any atom is 1.00 e. The Morgan fingerprint density at radius 1 is 0.816 bits per heavy atom. The summed E-state index contributed by atoms with van der Waals surface area (Å²) in [5.41, 5.74) is 12.2. The van der Waals surface area contributed by atoms with Crippen LogP contribution in [0.3, 0.4) is 0 Å². The Labute approximate surface area is 315 Å². The summed E-state index contributed by atoms with van der Waals surface area (Å²) >= 11 is 17.4. The quantitative estimate of drug-likeness (QED) is 0.119. The summed E-state index contributed by atoms with van der Waals surface area (Å²) in [6, 6.07) is 31.4. The predicted octanol–water partition coefficient (Wildman–Crippen LogP) is 6.86. The normalized spacial score (nSPS) is 11.1. The third kappa shape index (κ3) is 16.5. The van der Waals surface area contributed by atoms with Gasteiger partial charge in [-0.25, -0.2) is 4.99 Å². The van der Waals surface area contributed by atoms with Crippen LogP contribution in [0.2, 0.25) is 15.1 Å². The van der Waals surface area contributed by atoms with Gasteiger partial charge in [0.2, 0.25) is 0 Å². The van der Waals surface area contributed by atoms with Crippen LogP contribution in [0.25, 0.3) is 5.41 Å². The van der Waals surface area contributed by atoms with E-state index in [4.69, 9.17) is 45.8 Å². The van der Waals surface area contributed by atoms with Gasteiger partial charge in [0.05, 0.1) is 17.7 Å². The number of halogens is 3. The van der Waals surface area contributed by atoms with Gasteiger partial charge in [-0.3, -0.25) is 9.97 Å². The van der Waals surface area contributed by atoms with E-state index in [1.165, 1.54) is 5.56 Å². The van der Waals surface area contributed by atoms with Gasteiger partial charge in [-0.2, -0.15) is 11.0 Å². The number of nitriles is 1. The molecule has 240 valence electrons. The van der Waals surface area contributed by atoms with Crippen molar-refractivity contribution < 1.29 is 18.9 Å². The molecule has 5 aromatic rings. The van der Waals surface area contributed by atoms with Crippen LogP contribution in [0.5, 0.6) is 0 Å². The topological polar surface area (TPSA) is 110 Å². The summed E-state index contributed by atoms with van der Waals surface area (Å²) in [6.45, 7) is 1.99. The average Bonchev–Trinajstić information content (AvgIpc) is 3.10. The first-order chi connectivity index (χ1) is 23.2. The van der Waals surface area contributed by atoms with Crippen molar-refractivity contribution in [2.24, 2.45) is 10.7 Å². The first-order valence-corrected chi connectivity index (χ1v) is 15.9. The van der Waals surface area contributed by atoms with Gasteiger partial charge in [-0.05, 0) is 102 Å². The van der Waals surface area contributed by atoms with Crippen LogP contribution in [-0.4, -0.2) is 21.9 Å². The fourth-order valence-corrected chi connectivity index (χ4v) is 4.61. The first kappa shape index (κ1) is 40.8. The number of nitrogens with zero attached hydrogens (tertiary/aromatic N) is 5. The van der Waals surface area contributed by atoms with Crippen LogP contribution >= 0.6 is 34.8 Å². The van der Waals surface area contributed by atoms with Crippen molar-refractivity contribution in [3.05, 3.63) is 194 Å². The Kier molecular flexibility index (Phi) is 19.2. The molecule has 0 saturated heterocycles. The average molecular weight is 699 g/mol. The third-order valence-electron chi connectivity index (χ3n) is 6.49. The maximum absolute atomic E-state index is 9.94. The van der Waals surface area contributed by atoms with E-state index in [1.54, 1.807) is 73.6 Å². The van der Waals surface area contributed by atoms with Crippen LogP contribution in [0, 0.1) is 17.4 Å². The van der Waals surface area contributed by atoms with E-state index in [1.807, 2.05) is 79.7 Å². The molecule has 6 rings (SSSR count). The zero-order chi connectivity index (χ0) is 34.6. The van der Waals surface area contributed by atoms with E-state index in [0.717, 1.165) is 33.7 Å². The number of aliphatic imine (C=N–C) groups is 1. The predicted molar refractivity (Wildman–Crippen MR) is 199 cm³/mol. The minimum absolute atomic E-state index is 0. The number of hydrogen-bond donors (Lipinski definition) is 1. The van der Waals surface area contributed by atoms with Crippen molar-refractivity contribution in [1.82, 2.24) is 9.97 Å². The van der Waals surface area contributed by atoms with Crippen molar-refractivity contribution in [2.75, 3.05) is 0 Å². The summed E-state index contributed by atoms with van der Waals surface area (Å²) in [7, 11) is 0. The third-order valence-corrected chi connectivity index (χ3v) is 7.20. The summed E-state index contributed by atoms with van der Waals surface area (Å²) in [4.78, 5) is 11.7. The van der Waals surface area contributed by atoms with Crippen LogP contribution in [0.1, 0.15) is 40.8 Å². The maximum atomic E-state index is 9.94. The minimum atomic E-state index is -0.0268. The Morgan fingerprint density at radius 2 is 1.39 bits per heavy atom. The largest absolute Gasteiger partial charge is 1.00 e. The SMILES string of the molecule is CC1=[C+]C=NC=C1.N#Cc1cccc(Cl)c1.NC(Cc1ccncc1)c1cccc(Cl)c1.[Li+].[N-]=C(Cc1ccncc1)c1cccc(Cl)c1. The summed E-state index contributed by atoms with van der Waals surface area (Å²) < 4.78 is 0. The summed E-state index contributed by atoms with van der Waals surface area (Å²) in [5, 5.41) is 20.2. The molecule has 0 aliphatic carbocycles. The fourth-order valence-electron chi connectivity index (χ4n) is 4.04. The minimum Gasteiger partial charge on any atom is -0.807 e. The molecule has 49 heavy (non-hydrogen) atoms. The number of aromatic nitrogens is 2. The van der Waals surface area contributed by atoms with E-state index >= 15 is 0 Å². The molecule has 3 heterocycles. The molecule has 2 N–H and O–H groups in total. The Balaban J connectivity index is 0.000000237. The van der Waals surface area contributed by atoms with Crippen LogP contribution < -0.4 is 24.6 Å². The molecule has 6 nitrogen and oxygen atoms in total. The first-order valence-electron chi connectivity index (χ1n) is 14.8. The smallest absolute Gasteiger partial charge is 0.807 e. The van der Waals surface area contributed by atoms with Crippen molar-refractivity contribution in [3.8, 4) is 6.07 Å². The summed E-state index contributed by atoms with van der Waals surface area (Å²) in [5.74, 6) is 0. The van der Waals surface area contributed by atoms with Gasteiger partial charge >= 0.3 is 18.9 Å². The molecule has 0 fully saturated rings. The van der Waals surface area contributed by atoms with E-state index in [2.05, 4.69) is 21.0 Å². The van der Waals surface area contributed by atoms with E-state index < -0.39 is 0 Å². The molecule has 10 heteroatoms. The molecule has 1 atom stereocenters. The second-order valence-corrected chi connectivity index (χ2v) is 11.6. The van der Waals surface area contributed by atoms with Crippen molar-refractivity contribution >= 4 is 46.7 Å². The molecule has 3 aromatic carbocycles. The number of pyridine rings is 2. The summed E-state index contributed by atoms with van der Waals surface area (Å²) in [6.07, 6.45) is 16.5. The van der Waals surface area contributed by atoms with Crippen LogP contribution in [0.15, 0.2) is 145 Å². The molecule has 2 aromatic heterocycles. The number of rotatable bonds is 6. The van der Waals surface area contributed by atoms with E-state index in [-0.39, 0.29) is 24.9 Å². The van der Waals surface area contributed by atoms with Gasteiger partial charge in [-0.15, -0.1) is 0 Å². The molecule has 0 spiro atoms. The fraction of sp³-hybridized carbons (Fsp3) is 0.103. The van der Waals surface area contributed by atoms with Gasteiger partial charge in [0.1, 0.15) is 12.3 Å². The number of hydrogen-bond acceptors (Lipinski definition) is 5. The van der Waals surface area contributed by atoms with E-state index in [0.29, 0.717) is 27.7 Å². The van der Waals surface area contributed by atoms with Gasteiger partial charge in [0.15, 0.2) is 11.8 Å². The van der Waals surface area contributed by atoms with Gasteiger partial charge < -0.3 is 11.1 Å². The molecule has 0 radical (unpaired) electrons. The standard InChI is InChI=1S/C13H13ClN2.C13H10ClN2.C7H4ClN.C6H6N.Li/c2*14-12-3-1-2-11(9-12)13(15)8-10-4-6-16-7-5-10;8-7-3-1-2-6(4-7)5-9;1-6-2-4-7-5-3-6;/h1-7,9,13H,8,15H2;1-7,9H,8H2;1-4H;2,4-5H,1H3;/q;-1;;2*+1. The zero-order valence-corrected chi connectivity index (χ0v) is 29.5. The molecule has 0 bridgehead atoms. The molecule has 0 amide bonds. The second kappa shape index (κ2) is 23.0. The van der Waals surface area contributed by atoms with Crippen molar-refractivity contribution in [2.45, 2.75) is 25.8 Å². The Bertz CT molecular complexity index is 1870. The number of nitrogens with two attached hydrogens (primary N) is 1. The van der Waals surface area contributed by atoms with Crippen LogP contribution in [-0.2, 0) is 12.8 Å². The van der Waals surface area contributed by atoms with E-state index in [9.17, 15) is 5.41 Å². The van der Waals surface area contributed by atoms with Gasteiger partial charge in [0, 0.05) is 52.8 Å². The van der Waals surface area contributed by atoms with Crippen LogP contribution in [0.4, 0.5) is 0 Å².